The standard InChI is InChI=1S/C25H29ClN6O2/c1-25(2,3)34-24(33)31-15-18-7-4-5-9-20(18)32-22(29-30-23(32)21(31)26)17-12-10-16(11-13-17)19-8-6-14-27-28-19/h4-9,14,16-17,21H,10-13,15H2,1-3H3. The van der Waals surface area contributed by atoms with Crippen LogP contribution in [0.3, 0.4) is 0 Å². The van der Waals surface area contributed by atoms with E-state index in [2.05, 4.69) is 31.0 Å². The van der Waals surface area contributed by atoms with Gasteiger partial charge in [0.05, 0.1) is 17.9 Å². The molecule has 0 spiro atoms. The number of fused-ring (bicyclic) bond motifs is 3. The molecule has 1 aliphatic carbocycles. The van der Waals surface area contributed by atoms with Crippen molar-refractivity contribution in [2.24, 2.45) is 0 Å². The Morgan fingerprint density at radius 3 is 2.38 bits per heavy atom. The van der Waals surface area contributed by atoms with E-state index in [1.54, 1.807) is 6.20 Å². The molecule has 1 aliphatic heterocycles. The number of benzene rings is 1. The zero-order chi connectivity index (χ0) is 23.9. The molecule has 3 heterocycles. The van der Waals surface area contributed by atoms with Crippen molar-refractivity contribution in [2.75, 3.05) is 0 Å². The summed E-state index contributed by atoms with van der Waals surface area (Å²) in [6.07, 6.45) is 5.23. The third kappa shape index (κ3) is 4.39. The Balaban J connectivity index is 1.46. The van der Waals surface area contributed by atoms with E-state index in [1.807, 2.05) is 51.1 Å². The molecule has 1 amide bonds. The van der Waals surface area contributed by atoms with Crippen LogP contribution in [0.25, 0.3) is 5.69 Å². The molecular formula is C25H29ClN6O2. The fraction of sp³-hybridized carbons (Fsp3) is 0.480. The highest BCUT2D eigenvalue weighted by Crippen LogP contribution is 2.42. The van der Waals surface area contributed by atoms with Crippen molar-refractivity contribution in [2.45, 2.75) is 75.9 Å². The first-order valence-electron chi connectivity index (χ1n) is 11.8. The van der Waals surface area contributed by atoms with Crippen molar-refractivity contribution in [1.82, 2.24) is 29.9 Å². The lowest BCUT2D eigenvalue weighted by atomic mass is 9.80. The van der Waals surface area contributed by atoms with Crippen molar-refractivity contribution >= 4 is 17.7 Å². The lowest BCUT2D eigenvalue weighted by molar-refractivity contribution is 0.0201. The van der Waals surface area contributed by atoms with Crippen molar-refractivity contribution < 1.29 is 9.53 Å². The molecule has 178 valence electrons. The van der Waals surface area contributed by atoms with Gasteiger partial charge < -0.3 is 4.74 Å². The van der Waals surface area contributed by atoms with E-state index in [4.69, 9.17) is 16.3 Å². The fourth-order valence-corrected chi connectivity index (χ4v) is 5.19. The summed E-state index contributed by atoms with van der Waals surface area (Å²) in [6, 6.07) is 12.0. The highest BCUT2D eigenvalue weighted by atomic mass is 35.5. The summed E-state index contributed by atoms with van der Waals surface area (Å²) in [7, 11) is 0. The minimum Gasteiger partial charge on any atom is -0.444 e. The number of carbonyl (C=O) groups is 1. The smallest absolute Gasteiger partial charge is 0.412 e. The Hall–Kier alpha value is -3.00. The molecule has 1 saturated carbocycles. The van der Waals surface area contributed by atoms with Gasteiger partial charge in [0.25, 0.3) is 0 Å². The average Bonchev–Trinajstić information content (AvgIpc) is 3.22. The molecule has 0 saturated heterocycles. The van der Waals surface area contributed by atoms with Crippen LogP contribution in [0.2, 0.25) is 0 Å². The number of para-hydroxylation sites is 1. The third-order valence-corrected chi connectivity index (χ3v) is 6.94. The van der Waals surface area contributed by atoms with Crippen molar-refractivity contribution in [3.63, 3.8) is 0 Å². The van der Waals surface area contributed by atoms with E-state index < -0.39 is 17.2 Å². The van der Waals surface area contributed by atoms with Crippen LogP contribution in [-0.2, 0) is 11.3 Å². The van der Waals surface area contributed by atoms with E-state index in [9.17, 15) is 4.79 Å². The van der Waals surface area contributed by atoms with Gasteiger partial charge in [-0.2, -0.15) is 10.2 Å². The Bertz CT molecular complexity index is 1170. The SMILES string of the molecule is CC(C)(C)OC(=O)N1Cc2ccccc2-n2c(C3CCC(c4cccnn4)CC3)nnc2C1Cl. The van der Waals surface area contributed by atoms with Gasteiger partial charge in [0, 0.05) is 18.0 Å². The van der Waals surface area contributed by atoms with Crippen molar-refractivity contribution in [1.29, 1.82) is 0 Å². The van der Waals surface area contributed by atoms with Gasteiger partial charge in [0.1, 0.15) is 11.4 Å². The first-order valence-corrected chi connectivity index (χ1v) is 12.2. The van der Waals surface area contributed by atoms with Crippen molar-refractivity contribution in [3.05, 3.63) is 65.5 Å². The first kappa shape index (κ1) is 22.8. The zero-order valence-corrected chi connectivity index (χ0v) is 20.4. The van der Waals surface area contributed by atoms with Crippen LogP contribution in [0.5, 0.6) is 0 Å². The maximum atomic E-state index is 13.0. The summed E-state index contributed by atoms with van der Waals surface area (Å²) < 4.78 is 7.70. The Morgan fingerprint density at radius 1 is 0.971 bits per heavy atom. The van der Waals surface area contributed by atoms with Gasteiger partial charge in [-0.1, -0.05) is 29.8 Å². The number of hydrogen-bond donors (Lipinski definition) is 0. The lowest BCUT2D eigenvalue weighted by Gasteiger charge is -2.28. The number of ether oxygens (including phenoxy) is 1. The number of carbonyl (C=O) groups excluding carboxylic acids is 1. The topological polar surface area (TPSA) is 86.0 Å². The second-order valence-electron chi connectivity index (χ2n) is 10.0. The summed E-state index contributed by atoms with van der Waals surface area (Å²) in [6.45, 7) is 5.87. The summed E-state index contributed by atoms with van der Waals surface area (Å²) in [4.78, 5) is 14.5. The molecule has 9 heteroatoms. The molecule has 0 N–H and O–H groups in total. The minimum atomic E-state index is -0.792. The molecule has 0 radical (unpaired) electrons. The molecule has 8 nitrogen and oxygen atoms in total. The number of halogens is 1. The van der Waals surface area contributed by atoms with Gasteiger partial charge in [-0.05, 0) is 70.2 Å². The van der Waals surface area contributed by atoms with Gasteiger partial charge in [-0.15, -0.1) is 10.2 Å². The van der Waals surface area contributed by atoms with Crippen LogP contribution < -0.4 is 0 Å². The highest BCUT2D eigenvalue weighted by molar-refractivity contribution is 6.21. The summed E-state index contributed by atoms with van der Waals surface area (Å²) in [5, 5.41) is 17.4. The quantitative estimate of drug-likeness (QED) is 0.356. The maximum Gasteiger partial charge on any atom is 0.412 e. The van der Waals surface area contributed by atoms with Crippen LogP contribution in [0, 0.1) is 0 Å². The van der Waals surface area contributed by atoms with E-state index in [0.29, 0.717) is 18.3 Å². The molecule has 2 aromatic heterocycles. The molecule has 1 aromatic carbocycles. The second-order valence-corrected chi connectivity index (χ2v) is 10.4. The lowest BCUT2D eigenvalue weighted by Crippen LogP contribution is -2.37. The van der Waals surface area contributed by atoms with Crippen molar-refractivity contribution in [3.8, 4) is 5.69 Å². The number of rotatable bonds is 2. The average molecular weight is 481 g/mol. The molecular weight excluding hydrogens is 452 g/mol. The van der Waals surface area contributed by atoms with Crippen LogP contribution in [-0.4, -0.2) is 41.6 Å². The van der Waals surface area contributed by atoms with Gasteiger partial charge in [0.2, 0.25) is 0 Å². The zero-order valence-electron chi connectivity index (χ0n) is 19.7. The highest BCUT2D eigenvalue weighted by Gasteiger charge is 2.38. The van der Waals surface area contributed by atoms with E-state index in [1.165, 1.54) is 4.90 Å². The van der Waals surface area contributed by atoms with Crippen LogP contribution in [0.1, 0.15) is 86.7 Å². The Morgan fingerprint density at radius 2 is 1.68 bits per heavy atom. The fourth-order valence-electron chi connectivity index (χ4n) is 4.90. The molecule has 2 aliphatic rings. The number of aromatic nitrogens is 5. The first-order chi connectivity index (χ1) is 16.3. The Kier molecular flexibility index (Phi) is 6.02. The van der Waals surface area contributed by atoms with Crippen LogP contribution >= 0.6 is 11.6 Å². The van der Waals surface area contributed by atoms with Crippen LogP contribution in [0.15, 0.2) is 42.6 Å². The number of nitrogens with zero attached hydrogens (tertiary/aromatic N) is 6. The Labute approximate surface area is 204 Å². The summed E-state index contributed by atoms with van der Waals surface area (Å²) in [5.41, 5.74) is 1.58. The van der Waals surface area contributed by atoms with Gasteiger partial charge in [-0.3, -0.25) is 9.47 Å². The van der Waals surface area contributed by atoms with E-state index in [-0.39, 0.29) is 5.92 Å². The number of hydrogen-bond acceptors (Lipinski definition) is 6. The van der Waals surface area contributed by atoms with Crippen LogP contribution in [0.4, 0.5) is 4.79 Å². The molecule has 5 rings (SSSR count). The third-order valence-electron chi connectivity index (χ3n) is 6.50. The van der Waals surface area contributed by atoms with E-state index >= 15 is 0 Å². The maximum absolute atomic E-state index is 13.0. The van der Waals surface area contributed by atoms with Gasteiger partial charge in [-0.25, -0.2) is 4.79 Å². The second kappa shape index (κ2) is 8.98. The summed E-state index contributed by atoms with van der Waals surface area (Å²) >= 11 is 6.87. The molecule has 1 atom stereocenters. The predicted octanol–water partition coefficient (Wildman–Crippen LogP) is 5.49. The van der Waals surface area contributed by atoms with E-state index in [0.717, 1.165) is 48.5 Å². The largest absolute Gasteiger partial charge is 0.444 e. The minimum absolute atomic E-state index is 0.249. The number of amides is 1. The predicted molar refractivity (Wildman–Crippen MR) is 128 cm³/mol. The number of alkyl halides is 1. The molecule has 1 unspecified atom stereocenters. The molecule has 1 fully saturated rings. The molecule has 3 aromatic rings. The monoisotopic (exact) mass is 480 g/mol. The normalized spacial score (nSPS) is 22.5. The van der Waals surface area contributed by atoms with Gasteiger partial charge >= 0.3 is 6.09 Å². The van der Waals surface area contributed by atoms with Gasteiger partial charge in [0.15, 0.2) is 11.3 Å². The molecule has 0 bridgehead atoms. The molecule has 34 heavy (non-hydrogen) atoms. The summed E-state index contributed by atoms with van der Waals surface area (Å²) in [5.74, 6) is 2.10.